The molecule has 2 N–H and O–H groups in total. The van der Waals surface area contributed by atoms with E-state index in [9.17, 15) is 9.59 Å². The highest BCUT2D eigenvalue weighted by Crippen LogP contribution is 2.40. The van der Waals surface area contributed by atoms with Crippen molar-refractivity contribution in [2.75, 3.05) is 6.54 Å². The van der Waals surface area contributed by atoms with Gasteiger partial charge in [0.05, 0.1) is 5.56 Å². The van der Waals surface area contributed by atoms with Crippen LogP contribution in [0.5, 0.6) is 0 Å². The van der Waals surface area contributed by atoms with Crippen LogP contribution in [0.2, 0.25) is 0 Å². The summed E-state index contributed by atoms with van der Waals surface area (Å²) in [7, 11) is 0. The summed E-state index contributed by atoms with van der Waals surface area (Å²) in [6.45, 7) is 2.55. The standard InChI is InChI=1S/C15H19NO3/c1-15(7-3-8-15)14(19)16-9-6-11-4-2-5-12(10-11)13(17)18/h2,4-5,10H,3,6-9H2,1H3,(H,16,19)(H,17,18). The molecule has 1 saturated carbocycles. The van der Waals surface area contributed by atoms with E-state index >= 15 is 0 Å². The molecule has 0 atom stereocenters. The lowest BCUT2D eigenvalue weighted by atomic mass is 9.70. The molecule has 1 amide bonds. The molecule has 0 bridgehead atoms. The Morgan fingerprint density at radius 1 is 1.37 bits per heavy atom. The van der Waals surface area contributed by atoms with Gasteiger partial charge in [-0.1, -0.05) is 25.5 Å². The van der Waals surface area contributed by atoms with E-state index in [1.807, 2.05) is 13.0 Å². The minimum atomic E-state index is -0.923. The molecular formula is C15H19NO3. The molecule has 0 aromatic heterocycles. The third-order valence-electron chi connectivity index (χ3n) is 3.88. The first-order valence-electron chi connectivity index (χ1n) is 6.62. The van der Waals surface area contributed by atoms with Crippen LogP contribution in [0.25, 0.3) is 0 Å². The van der Waals surface area contributed by atoms with E-state index in [1.54, 1.807) is 18.2 Å². The van der Waals surface area contributed by atoms with Crippen molar-refractivity contribution in [3.05, 3.63) is 35.4 Å². The SMILES string of the molecule is CC1(C(=O)NCCc2cccc(C(=O)O)c2)CCC1. The molecular weight excluding hydrogens is 242 g/mol. The molecule has 1 fully saturated rings. The van der Waals surface area contributed by atoms with E-state index < -0.39 is 5.97 Å². The Morgan fingerprint density at radius 3 is 2.68 bits per heavy atom. The van der Waals surface area contributed by atoms with Gasteiger partial charge in [0.25, 0.3) is 0 Å². The van der Waals surface area contributed by atoms with Crippen molar-refractivity contribution < 1.29 is 14.7 Å². The second-order valence-electron chi connectivity index (χ2n) is 5.43. The molecule has 1 aliphatic rings. The third kappa shape index (κ3) is 3.13. The number of carbonyl (C=O) groups is 2. The van der Waals surface area contributed by atoms with Crippen LogP contribution in [0.3, 0.4) is 0 Å². The molecule has 0 spiro atoms. The number of amides is 1. The third-order valence-corrected chi connectivity index (χ3v) is 3.88. The van der Waals surface area contributed by atoms with Crippen LogP contribution in [0.15, 0.2) is 24.3 Å². The largest absolute Gasteiger partial charge is 0.478 e. The summed E-state index contributed by atoms with van der Waals surface area (Å²) in [5.74, 6) is -0.805. The Hall–Kier alpha value is -1.84. The van der Waals surface area contributed by atoms with Crippen molar-refractivity contribution in [1.29, 1.82) is 0 Å². The van der Waals surface area contributed by atoms with E-state index in [-0.39, 0.29) is 16.9 Å². The first kappa shape index (κ1) is 13.6. The highest BCUT2D eigenvalue weighted by molar-refractivity contribution is 5.87. The normalized spacial score (nSPS) is 16.5. The molecule has 102 valence electrons. The zero-order chi connectivity index (χ0) is 13.9. The Labute approximate surface area is 112 Å². The van der Waals surface area contributed by atoms with E-state index in [0.29, 0.717) is 13.0 Å². The molecule has 1 aliphatic carbocycles. The predicted molar refractivity (Wildman–Crippen MR) is 72.1 cm³/mol. The van der Waals surface area contributed by atoms with E-state index in [1.165, 1.54) is 0 Å². The topological polar surface area (TPSA) is 66.4 Å². The van der Waals surface area contributed by atoms with Crippen LogP contribution < -0.4 is 5.32 Å². The molecule has 0 aliphatic heterocycles. The van der Waals surface area contributed by atoms with Crippen molar-refractivity contribution in [3.8, 4) is 0 Å². The summed E-state index contributed by atoms with van der Waals surface area (Å²) < 4.78 is 0. The molecule has 19 heavy (non-hydrogen) atoms. The van der Waals surface area contributed by atoms with Gasteiger partial charge in [-0.15, -0.1) is 0 Å². The van der Waals surface area contributed by atoms with Gasteiger partial charge in [0.1, 0.15) is 0 Å². The van der Waals surface area contributed by atoms with Crippen LogP contribution in [0.1, 0.15) is 42.1 Å². The lowest BCUT2D eigenvalue weighted by Gasteiger charge is -2.36. The van der Waals surface area contributed by atoms with E-state index in [0.717, 1.165) is 24.8 Å². The van der Waals surface area contributed by atoms with Gasteiger partial charge in [0.2, 0.25) is 5.91 Å². The fourth-order valence-corrected chi connectivity index (χ4v) is 2.33. The average molecular weight is 261 g/mol. The van der Waals surface area contributed by atoms with Gasteiger partial charge < -0.3 is 10.4 Å². The number of hydrogen-bond acceptors (Lipinski definition) is 2. The average Bonchev–Trinajstić information content (AvgIpc) is 2.36. The van der Waals surface area contributed by atoms with Crippen LogP contribution in [0, 0.1) is 5.41 Å². The van der Waals surface area contributed by atoms with Crippen LogP contribution >= 0.6 is 0 Å². The zero-order valence-corrected chi connectivity index (χ0v) is 11.1. The van der Waals surface area contributed by atoms with Gasteiger partial charge in [0.15, 0.2) is 0 Å². The molecule has 0 unspecified atom stereocenters. The maximum absolute atomic E-state index is 11.9. The maximum Gasteiger partial charge on any atom is 0.335 e. The summed E-state index contributed by atoms with van der Waals surface area (Å²) in [6, 6.07) is 6.83. The zero-order valence-electron chi connectivity index (χ0n) is 11.1. The quantitative estimate of drug-likeness (QED) is 0.854. The van der Waals surface area contributed by atoms with Gasteiger partial charge >= 0.3 is 5.97 Å². The summed E-state index contributed by atoms with van der Waals surface area (Å²) in [5.41, 5.74) is 1.04. The number of carboxylic acid groups (broad SMARTS) is 1. The lowest BCUT2D eigenvalue weighted by molar-refractivity contribution is -0.134. The maximum atomic E-state index is 11.9. The molecule has 4 heteroatoms. The molecule has 0 heterocycles. The summed E-state index contributed by atoms with van der Waals surface area (Å²) in [5, 5.41) is 11.8. The number of aromatic carboxylic acids is 1. The van der Waals surface area contributed by atoms with Crippen LogP contribution in [-0.4, -0.2) is 23.5 Å². The molecule has 0 radical (unpaired) electrons. The number of rotatable bonds is 5. The Kier molecular flexibility index (Phi) is 3.88. The van der Waals surface area contributed by atoms with Gasteiger partial charge in [0, 0.05) is 12.0 Å². The van der Waals surface area contributed by atoms with Gasteiger partial charge in [-0.05, 0) is 37.0 Å². The summed E-state index contributed by atoms with van der Waals surface area (Å²) in [4.78, 5) is 22.8. The number of benzene rings is 1. The number of carbonyl (C=O) groups excluding carboxylic acids is 1. The fourth-order valence-electron chi connectivity index (χ4n) is 2.33. The second kappa shape index (κ2) is 5.43. The van der Waals surface area contributed by atoms with E-state index in [4.69, 9.17) is 5.11 Å². The highest BCUT2D eigenvalue weighted by Gasteiger charge is 2.38. The molecule has 0 saturated heterocycles. The number of nitrogens with one attached hydrogen (secondary N) is 1. The highest BCUT2D eigenvalue weighted by atomic mass is 16.4. The van der Waals surface area contributed by atoms with Crippen molar-refractivity contribution >= 4 is 11.9 Å². The van der Waals surface area contributed by atoms with Gasteiger partial charge in [-0.3, -0.25) is 4.79 Å². The first-order chi connectivity index (χ1) is 9.01. The smallest absolute Gasteiger partial charge is 0.335 e. The Bertz CT molecular complexity index is 492. The van der Waals surface area contributed by atoms with Gasteiger partial charge in [-0.2, -0.15) is 0 Å². The summed E-state index contributed by atoms with van der Waals surface area (Å²) >= 11 is 0. The van der Waals surface area contributed by atoms with E-state index in [2.05, 4.69) is 5.32 Å². The number of hydrogen-bond donors (Lipinski definition) is 2. The van der Waals surface area contributed by atoms with Crippen LogP contribution in [0.4, 0.5) is 0 Å². The van der Waals surface area contributed by atoms with Crippen molar-refractivity contribution in [2.45, 2.75) is 32.6 Å². The molecule has 1 aromatic rings. The van der Waals surface area contributed by atoms with Crippen molar-refractivity contribution in [3.63, 3.8) is 0 Å². The minimum Gasteiger partial charge on any atom is -0.478 e. The lowest BCUT2D eigenvalue weighted by Crippen LogP contribution is -2.44. The Balaban J connectivity index is 1.84. The number of carboxylic acids is 1. The van der Waals surface area contributed by atoms with Gasteiger partial charge in [-0.25, -0.2) is 4.79 Å². The molecule has 2 rings (SSSR count). The van der Waals surface area contributed by atoms with Crippen LogP contribution in [-0.2, 0) is 11.2 Å². The fraction of sp³-hybridized carbons (Fsp3) is 0.467. The van der Waals surface area contributed by atoms with Crippen molar-refractivity contribution in [1.82, 2.24) is 5.32 Å². The predicted octanol–water partition coefficient (Wildman–Crippen LogP) is 2.23. The minimum absolute atomic E-state index is 0.119. The first-order valence-corrected chi connectivity index (χ1v) is 6.62. The van der Waals surface area contributed by atoms with Crippen molar-refractivity contribution in [2.24, 2.45) is 5.41 Å². The monoisotopic (exact) mass is 261 g/mol. The molecule has 1 aromatic carbocycles. The molecule has 4 nitrogen and oxygen atoms in total. The second-order valence-corrected chi connectivity index (χ2v) is 5.43. The Morgan fingerprint density at radius 2 is 2.11 bits per heavy atom. The summed E-state index contributed by atoms with van der Waals surface area (Å²) in [6.07, 6.45) is 3.72.